The van der Waals surface area contributed by atoms with Crippen molar-refractivity contribution in [1.29, 1.82) is 0 Å². The SMILES string of the molecule is CCCNCC(Cc1nccn1CC)c1ccccc1. The van der Waals surface area contributed by atoms with Crippen molar-refractivity contribution in [2.24, 2.45) is 0 Å². The van der Waals surface area contributed by atoms with Gasteiger partial charge in [-0.15, -0.1) is 0 Å². The van der Waals surface area contributed by atoms with Crippen LogP contribution in [-0.2, 0) is 13.0 Å². The fourth-order valence-corrected chi connectivity index (χ4v) is 2.52. The summed E-state index contributed by atoms with van der Waals surface area (Å²) in [5.41, 5.74) is 1.39. The van der Waals surface area contributed by atoms with Crippen LogP contribution in [0.5, 0.6) is 0 Å². The normalized spacial score (nSPS) is 12.5. The van der Waals surface area contributed by atoms with E-state index in [2.05, 4.69) is 65.2 Å². The molecule has 0 fully saturated rings. The van der Waals surface area contributed by atoms with Crippen LogP contribution in [0.1, 0.15) is 37.6 Å². The van der Waals surface area contributed by atoms with Gasteiger partial charge in [0.05, 0.1) is 0 Å². The minimum absolute atomic E-state index is 0.482. The summed E-state index contributed by atoms with van der Waals surface area (Å²) in [6.45, 7) is 7.44. The fraction of sp³-hybridized carbons (Fsp3) is 0.471. The predicted octanol–water partition coefficient (Wildman–Crippen LogP) is 3.23. The number of nitrogens with one attached hydrogen (secondary N) is 1. The Labute approximate surface area is 122 Å². The van der Waals surface area contributed by atoms with E-state index in [4.69, 9.17) is 0 Å². The number of nitrogens with zero attached hydrogens (tertiary/aromatic N) is 2. The molecule has 0 aliphatic rings. The first-order valence-corrected chi connectivity index (χ1v) is 7.60. The van der Waals surface area contributed by atoms with Gasteiger partial charge in [0.15, 0.2) is 0 Å². The fourth-order valence-electron chi connectivity index (χ4n) is 2.52. The number of hydrogen-bond acceptors (Lipinski definition) is 2. The standard InChI is InChI=1S/C17H25N3/c1-3-10-18-14-16(15-8-6-5-7-9-15)13-17-19-11-12-20(17)4-2/h5-9,11-12,16,18H,3-4,10,13-14H2,1-2H3. The smallest absolute Gasteiger partial charge is 0.109 e. The van der Waals surface area contributed by atoms with Gasteiger partial charge in [0.2, 0.25) is 0 Å². The van der Waals surface area contributed by atoms with E-state index in [1.807, 2.05) is 6.20 Å². The maximum absolute atomic E-state index is 4.52. The maximum Gasteiger partial charge on any atom is 0.109 e. The van der Waals surface area contributed by atoms with Gasteiger partial charge in [0.25, 0.3) is 0 Å². The van der Waals surface area contributed by atoms with E-state index in [1.54, 1.807) is 0 Å². The lowest BCUT2D eigenvalue weighted by atomic mass is 9.95. The Bertz CT molecular complexity index is 490. The number of imidazole rings is 1. The molecule has 0 aliphatic heterocycles. The molecule has 1 heterocycles. The Morgan fingerprint density at radius 1 is 1.20 bits per heavy atom. The second-order valence-corrected chi connectivity index (χ2v) is 5.15. The predicted molar refractivity (Wildman–Crippen MR) is 83.9 cm³/mol. The number of benzene rings is 1. The van der Waals surface area contributed by atoms with Crippen molar-refractivity contribution < 1.29 is 0 Å². The molecule has 2 rings (SSSR count). The zero-order valence-corrected chi connectivity index (χ0v) is 12.5. The highest BCUT2D eigenvalue weighted by atomic mass is 15.1. The number of aryl methyl sites for hydroxylation is 1. The second kappa shape index (κ2) is 7.85. The molecule has 0 amide bonds. The van der Waals surface area contributed by atoms with Gasteiger partial charge >= 0.3 is 0 Å². The second-order valence-electron chi connectivity index (χ2n) is 5.15. The molecule has 108 valence electrons. The largest absolute Gasteiger partial charge is 0.335 e. The minimum Gasteiger partial charge on any atom is -0.335 e. The summed E-state index contributed by atoms with van der Waals surface area (Å²) in [5.74, 6) is 1.66. The Balaban J connectivity index is 2.10. The summed E-state index contributed by atoms with van der Waals surface area (Å²) < 4.78 is 2.23. The summed E-state index contributed by atoms with van der Waals surface area (Å²) in [4.78, 5) is 4.52. The van der Waals surface area contributed by atoms with Crippen LogP contribution in [0.25, 0.3) is 0 Å². The first-order chi connectivity index (χ1) is 9.85. The van der Waals surface area contributed by atoms with Crippen molar-refractivity contribution in [2.45, 2.75) is 39.2 Å². The average Bonchev–Trinajstić information content (AvgIpc) is 2.94. The molecule has 0 spiro atoms. The number of hydrogen-bond donors (Lipinski definition) is 1. The topological polar surface area (TPSA) is 29.9 Å². The molecule has 1 N–H and O–H groups in total. The molecule has 0 aliphatic carbocycles. The highest BCUT2D eigenvalue weighted by Gasteiger charge is 2.14. The van der Waals surface area contributed by atoms with Crippen LogP contribution >= 0.6 is 0 Å². The van der Waals surface area contributed by atoms with Gasteiger partial charge in [0.1, 0.15) is 5.82 Å². The zero-order chi connectivity index (χ0) is 14.2. The summed E-state index contributed by atoms with van der Waals surface area (Å²) in [7, 11) is 0. The van der Waals surface area contributed by atoms with Crippen LogP contribution in [0.2, 0.25) is 0 Å². The van der Waals surface area contributed by atoms with E-state index < -0.39 is 0 Å². The van der Waals surface area contributed by atoms with E-state index in [0.717, 1.165) is 26.1 Å². The Morgan fingerprint density at radius 2 is 2.00 bits per heavy atom. The van der Waals surface area contributed by atoms with Gasteiger partial charge < -0.3 is 9.88 Å². The summed E-state index contributed by atoms with van der Waals surface area (Å²) in [6.07, 6.45) is 6.13. The summed E-state index contributed by atoms with van der Waals surface area (Å²) in [5, 5.41) is 3.55. The first kappa shape index (κ1) is 14.8. The van der Waals surface area contributed by atoms with E-state index >= 15 is 0 Å². The lowest BCUT2D eigenvalue weighted by Gasteiger charge is -2.18. The Kier molecular flexibility index (Phi) is 5.81. The lowest BCUT2D eigenvalue weighted by molar-refractivity contribution is 0.551. The van der Waals surface area contributed by atoms with E-state index in [1.165, 1.54) is 17.8 Å². The highest BCUT2D eigenvalue weighted by molar-refractivity contribution is 5.21. The molecule has 0 saturated heterocycles. The van der Waals surface area contributed by atoms with Gasteiger partial charge in [-0.3, -0.25) is 0 Å². The van der Waals surface area contributed by atoms with Crippen LogP contribution in [0.3, 0.4) is 0 Å². The molecule has 0 saturated carbocycles. The first-order valence-electron chi connectivity index (χ1n) is 7.60. The maximum atomic E-state index is 4.52. The van der Waals surface area contributed by atoms with Crippen LogP contribution in [0.15, 0.2) is 42.7 Å². The van der Waals surface area contributed by atoms with Crippen LogP contribution in [0.4, 0.5) is 0 Å². The van der Waals surface area contributed by atoms with Gasteiger partial charge in [-0.2, -0.15) is 0 Å². The van der Waals surface area contributed by atoms with Gasteiger partial charge in [-0.25, -0.2) is 4.98 Å². The molecule has 2 aromatic rings. The number of aromatic nitrogens is 2. The molecule has 0 bridgehead atoms. The van der Waals surface area contributed by atoms with Gasteiger partial charge in [-0.05, 0) is 25.5 Å². The molecule has 3 heteroatoms. The van der Waals surface area contributed by atoms with Gasteiger partial charge in [-0.1, -0.05) is 37.3 Å². The van der Waals surface area contributed by atoms with Gasteiger partial charge in [0, 0.05) is 37.8 Å². The molecule has 20 heavy (non-hydrogen) atoms. The molecule has 1 atom stereocenters. The van der Waals surface area contributed by atoms with Crippen molar-refractivity contribution in [3.8, 4) is 0 Å². The molecule has 3 nitrogen and oxygen atoms in total. The third-order valence-corrected chi connectivity index (χ3v) is 3.66. The van der Waals surface area contributed by atoms with E-state index in [9.17, 15) is 0 Å². The third-order valence-electron chi connectivity index (χ3n) is 3.66. The molecular formula is C17H25N3. The monoisotopic (exact) mass is 271 g/mol. The van der Waals surface area contributed by atoms with E-state index in [-0.39, 0.29) is 0 Å². The van der Waals surface area contributed by atoms with E-state index in [0.29, 0.717) is 5.92 Å². The summed E-state index contributed by atoms with van der Waals surface area (Å²) >= 11 is 0. The Morgan fingerprint density at radius 3 is 2.70 bits per heavy atom. The molecule has 1 aromatic carbocycles. The lowest BCUT2D eigenvalue weighted by Crippen LogP contribution is -2.24. The minimum atomic E-state index is 0.482. The average molecular weight is 271 g/mol. The zero-order valence-electron chi connectivity index (χ0n) is 12.5. The Hall–Kier alpha value is -1.61. The van der Waals surface area contributed by atoms with Crippen molar-refractivity contribution in [3.63, 3.8) is 0 Å². The van der Waals surface area contributed by atoms with Crippen molar-refractivity contribution in [2.75, 3.05) is 13.1 Å². The van der Waals surface area contributed by atoms with Crippen molar-refractivity contribution >= 4 is 0 Å². The van der Waals surface area contributed by atoms with Crippen molar-refractivity contribution in [1.82, 2.24) is 14.9 Å². The molecule has 1 unspecified atom stereocenters. The molecule has 0 radical (unpaired) electrons. The highest BCUT2D eigenvalue weighted by Crippen LogP contribution is 2.19. The number of rotatable bonds is 8. The van der Waals surface area contributed by atoms with Crippen molar-refractivity contribution in [3.05, 3.63) is 54.1 Å². The van der Waals surface area contributed by atoms with Crippen LogP contribution < -0.4 is 5.32 Å². The summed E-state index contributed by atoms with van der Waals surface area (Å²) in [6, 6.07) is 10.8. The van der Waals surface area contributed by atoms with Crippen LogP contribution in [-0.4, -0.2) is 22.6 Å². The quantitative estimate of drug-likeness (QED) is 0.747. The third kappa shape index (κ3) is 3.94. The molecule has 1 aromatic heterocycles. The van der Waals surface area contributed by atoms with Crippen LogP contribution in [0, 0.1) is 0 Å². The molecular weight excluding hydrogens is 246 g/mol.